The van der Waals surface area contributed by atoms with Crippen LogP contribution in [0, 0.1) is 0 Å². The Bertz CT molecular complexity index is 1120. The second-order valence-corrected chi connectivity index (χ2v) is 6.11. The van der Waals surface area contributed by atoms with Gasteiger partial charge < -0.3 is 0 Å². The molecule has 0 aliphatic heterocycles. The quantitative estimate of drug-likeness (QED) is 0.538. The maximum atomic E-state index is 13.0. The summed E-state index contributed by atoms with van der Waals surface area (Å²) in [6.07, 6.45) is 6.14. The van der Waals surface area contributed by atoms with Crippen LogP contribution in [0.25, 0.3) is 22.4 Å². The van der Waals surface area contributed by atoms with Crippen LogP contribution in [0.15, 0.2) is 52.7 Å². The van der Waals surface area contributed by atoms with Gasteiger partial charge >= 0.3 is 0 Å². The van der Waals surface area contributed by atoms with E-state index in [-0.39, 0.29) is 5.56 Å². The van der Waals surface area contributed by atoms with E-state index in [2.05, 4.69) is 22.0 Å². The minimum atomic E-state index is -0.107. The lowest BCUT2D eigenvalue weighted by molar-refractivity contribution is 0.902. The summed E-state index contributed by atoms with van der Waals surface area (Å²) in [5.41, 5.74) is 2.63. The lowest BCUT2D eigenvalue weighted by Crippen LogP contribution is -2.20. The standard InChI is InChI=1S/C17H15N5OS/c1-3-11-6-4-5-7-13(11)21-9-8-14-12(15(21)23)10-18-16-19-17(24-2)20-22(14)16/h4-10H,3H2,1-2H3. The van der Waals surface area contributed by atoms with E-state index in [0.717, 1.165) is 17.7 Å². The first-order valence-corrected chi connectivity index (χ1v) is 8.85. The molecule has 0 unspecified atom stereocenters. The highest BCUT2D eigenvalue weighted by Crippen LogP contribution is 2.17. The first-order valence-electron chi connectivity index (χ1n) is 7.62. The highest BCUT2D eigenvalue weighted by Gasteiger charge is 2.12. The number of benzene rings is 1. The van der Waals surface area contributed by atoms with Gasteiger partial charge in [-0.2, -0.15) is 9.50 Å². The molecule has 0 radical (unpaired) electrons. The topological polar surface area (TPSA) is 65.1 Å². The highest BCUT2D eigenvalue weighted by molar-refractivity contribution is 7.98. The second-order valence-electron chi connectivity index (χ2n) is 5.34. The van der Waals surface area contributed by atoms with E-state index >= 15 is 0 Å². The molecule has 0 saturated heterocycles. The van der Waals surface area contributed by atoms with Crippen molar-refractivity contribution in [1.29, 1.82) is 0 Å². The molecule has 0 bridgehead atoms. The average molecular weight is 337 g/mol. The molecule has 0 atom stereocenters. The van der Waals surface area contributed by atoms with Crippen molar-refractivity contribution in [3.05, 3.63) is 58.6 Å². The van der Waals surface area contributed by atoms with Crippen molar-refractivity contribution in [3.63, 3.8) is 0 Å². The minimum absolute atomic E-state index is 0.107. The number of aryl methyl sites for hydroxylation is 1. The van der Waals surface area contributed by atoms with Crippen molar-refractivity contribution in [2.45, 2.75) is 18.5 Å². The molecule has 7 heteroatoms. The summed E-state index contributed by atoms with van der Waals surface area (Å²) in [6, 6.07) is 9.80. The summed E-state index contributed by atoms with van der Waals surface area (Å²) < 4.78 is 3.29. The van der Waals surface area contributed by atoms with Crippen LogP contribution in [-0.4, -0.2) is 30.4 Å². The lowest BCUT2D eigenvalue weighted by Gasteiger charge is -2.11. The summed E-state index contributed by atoms with van der Waals surface area (Å²) in [7, 11) is 0. The number of fused-ring (bicyclic) bond motifs is 3. The van der Waals surface area contributed by atoms with Crippen LogP contribution in [0.3, 0.4) is 0 Å². The fourth-order valence-corrected chi connectivity index (χ4v) is 3.16. The zero-order chi connectivity index (χ0) is 16.7. The van der Waals surface area contributed by atoms with Gasteiger partial charge in [-0.05, 0) is 30.4 Å². The van der Waals surface area contributed by atoms with Gasteiger partial charge in [-0.1, -0.05) is 36.9 Å². The van der Waals surface area contributed by atoms with Gasteiger partial charge in [-0.15, -0.1) is 5.10 Å². The molecule has 6 nitrogen and oxygen atoms in total. The predicted molar refractivity (Wildman–Crippen MR) is 95.0 cm³/mol. The first kappa shape index (κ1) is 14.9. The molecule has 120 valence electrons. The fraction of sp³-hybridized carbons (Fsp3) is 0.176. The smallest absolute Gasteiger partial charge is 0.266 e. The third-order valence-electron chi connectivity index (χ3n) is 4.03. The maximum absolute atomic E-state index is 13.0. The average Bonchev–Trinajstić information content (AvgIpc) is 3.06. The Morgan fingerprint density at radius 3 is 2.83 bits per heavy atom. The Balaban J connectivity index is 2.02. The van der Waals surface area contributed by atoms with Crippen molar-refractivity contribution >= 4 is 28.4 Å². The summed E-state index contributed by atoms with van der Waals surface area (Å²) in [5.74, 6) is 0.498. The van der Waals surface area contributed by atoms with Gasteiger partial charge in [0.1, 0.15) is 0 Å². The SMILES string of the molecule is CCc1ccccc1-n1ccc2c(cnc3nc(SC)nn32)c1=O. The zero-order valence-corrected chi connectivity index (χ0v) is 14.1. The van der Waals surface area contributed by atoms with Crippen LogP contribution < -0.4 is 5.56 Å². The largest absolute Gasteiger partial charge is 0.283 e. The zero-order valence-electron chi connectivity index (χ0n) is 13.3. The van der Waals surface area contributed by atoms with Crippen LogP contribution in [0.5, 0.6) is 0 Å². The predicted octanol–water partition coefficient (Wildman–Crippen LogP) is 2.71. The Hall–Kier alpha value is -2.67. The third-order valence-corrected chi connectivity index (χ3v) is 4.57. The molecule has 0 aliphatic carbocycles. The van der Waals surface area contributed by atoms with E-state index in [1.807, 2.05) is 36.6 Å². The number of para-hydroxylation sites is 1. The van der Waals surface area contributed by atoms with E-state index in [9.17, 15) is 4.79 Å². The number of rotatable bonds is 3. The summed E-state index contributed by atoms with van der Waals surface area (Å²) in [6.45, 7) is 2.08. The molecule has 1 aromatic carbocycles. The first-order chi connectivity index (χ1) is 11.7. The number of pyridine rings is 1. The number of nitrogens with zero attached hydrogens (tertiary/aromatic N) is 5. The maximum Gasteiger partial charge on any atom is 0.266 e. The number of hydrogen-bond donors (Lipinski definition) is 0. The van der Waals surface area contributed by atoms with Crippen molar-refractivity contribution in [2.75, 3.05) is 6.26 Å². The Morgan fingerprint density at radius 1 is 1.21 bits per heavy atom. The number of hydrogen-bond acceptors (Lipinski definition) is 5. The van der Waals surface area contributed by atoms with Crippen LogP contribution >= 0.6 is 11.8 Å². The van der Waals surface area contributed by atoms with Gasteiger partial charge in [0.25, 0.3) is 11.3 Å². The fourth-order valence-electron chi connectivity index (χ4n) is 2.82. The summed E-state index contributed by atoms with van der Waals surface area (Å²) >= 11 is 1.45. The number of aromatic nitrogens is 5. The molecule has 0 saturated carbocycles. The Morgan fingerprint density at radius 2 is 2.04 bits per heavy atom. The van der Waals surface area contributed by atoms with Gasteiger partial charge in [-0.25, -0.2) is 4.98 Å². The van der Waals surface area contributed by atoms with Crippen LogP contribution in [0.4, 0.5) is 0 Å². The molecule has 0 spiro atoms. The Kier molecular flexibility index (Phi) is 3.57. The van der Waals surface area contributed by atoms with E-state index in [1.165, 1.54) is 11.8 Å². The van der Waals surface area contributed by atoms with Gasteiger partial charge in [0.15, 0.2) is 0 Å². The number of thioether (sulfide) groups is 1. The molecule has 0 N–H and O–H groups in total. The van der Waals surface area contributed by atoms with Crippen molar-refractivity contribution < 1.29 is 0 Å². The van der Waals surface area contributed by atoms with Crippen molar-refractivity contribution in [3.8, 4) is 5.69 Å². The molecule has 4 rings (SSSR count). The monoisotopic (exact) mass is 337 g/mol. The van der Waals surface area contributed by atoms with Gasteiger partial charge in [0.05, 0.1) is 16.6 Å². The van der Waals surface area contributed by atoms with Crippen molar-refractivity contribution in [1.82, 2.24) is 24.1 Å². The molecular formula is C17H15N5OS. The molecule has 0 aliphatic rings. The van der Waals surface area contributed by atoms with Gasteiger partial charge in [0.2, 0.25) is 5.16 Å². The van der Waals surface area contributed by atoms with Crippen molar-refractivity contribution in [2.24, 2.45) is 0 Å². The molecule has 4 aromatic rings. The molecule has 0 fully saturated rings. The third kappa shape index (κ3) is 2.20. The summed E-state index contributed by atoms with van der Waals surface area (Å²) in [5, 5.41) is 5.55. The van der Waals surface area contributed by atoms with Crippen LogP contribution in [0.2, 0.25) is 0 Å². The van der Waals surface area contributed by atoms with E-state index in [0.29, 0.717) is 21.8 Å². The van der Waals surface area contributed by atoms with Crippen LogP contribution in [-0.2, 0) is 6.42 Å². The summed E-state index contributed by atoms with van der Waals surface area (Å²) in [4.78, 5) is 21.6. The Labute approximate surface area is 142 Å². The van der Waals surface area contributed by atoms with Gasteiger partial charge in [-0.3, -0.25) is 9.36 Å². The van der Waals surface area contributed by atoms with E-state index in [4.69, 9.17) is 0 Å². The van der Waals surface area contributed by atoms with E-state index < -0.39 is 0 Å². The van der Waals surface area contributed by atoms with Crippen LogP contribution in [0.1, 0.15) is 12.5 Å². The molecule has 3 heterocycles. The normalized spacial score (nSPS) is 11.4. The molecule has 0 amide bonds. The van der Waals surface area contributed by atoms with E-state index in [1.54, 1.807) is 21.5 Å². The lowest BCUT2D eigenvalue weighted by atomic mass is 10.1. The van der Waals surface area contributed by atoms with Gasteiger partial charge in [0, 0.05) is 12.4 Å². The molecular weight excluding hydrogens is 322 g/mol. The minimum Gasteiger partial charge on any atom is -0.283 e. The molecule has 3 aromatic heterocycles. The molecule has 24 heavy (non-hydrogen) atoms. The highest BCUT2D eigenvalue weighted by atomic mass is 32.2. The second kappa shape index (κ2) is 5.76.